The maximum atomic E-state index is 12.1. The van der Waals surface area contributed by atoms with Crippen molar-refractivity contribution in [1.29, 1.82) is 0 Å². The summed E-state index contributed by atoms with van der Waals surface area (Å²) in [6.07, 6.45) is 3.56. The van der Waals surface area contributed by atoms with E-state index in [9.17, 15) is 16.8 Å². The fraction of sp³-hybridized carbons (Fsp3) is 0.235. The Labute approximate surface area is 163 Å². The van der Waals surface area contributed by atoms with Crippen LogP contribution < -0.4 is 10.2 Å². The van der Waals surface area contributed by atoms with Crippen LogP contribution in [0.15, 0.2) is 64.5 Å². The van der Waals surface area contributed by atoms with Crippen LogP contribution >= 0.6 is 0 Å². The molecule has 1 aliphatic heterocycles. The maximum Gasteiger partial charge on any atom is 0.242 e. The average Bonchev–Trinajstić information content (AvgIpc) is 3.10. The zero-order valence-electron chi connectivity index (χ0n) is 15.4. The summed E-state index contributed by atoms with van der Waals surface area (Å²) in [6, 6.07) is 9.17. The molecular formula is C17H19N3O6S2. The van der Waals surface area contributed by atoms with Crippen molar-refractivity contribution >= 4 is 19.9 Å². The molecule has 1 N–H and O–H groups in total. The molecule has 28 heavy (non-hydrogen) atoms. The zero-order chi connectivity index (χ0) is 20.5. The highest BCUT2D eigenvalue weighted by atomic mass is 32.2. The Hall–Kier alpha value is -2.47. The van der Waals surface area contributed by atoms with Gasteiger partial charge in [0.25, 0.3) is 0 Å². The van der Waals surface area contributed by atoms with Crippen LogP contribution in [-0.4, -0.2) is 46.5 Å². The molecule has 1 aromatic heterocycles. The Morgan fingerprint density at radius 1 is 1.07 bits per heavy atom. The second-order valence-electron chi connectivity index (χ2n) is 6.23. The summed E-state index contributed by atoms with van der Waals surface area (Å²) in [4.78, 5) is 9.46. The number of hydroxylamine groups is 1. The van der Waals surface area contributed by atoms with E-state index < -0.39 is 26.0 Å². The third-order valence-electron chi connectivity index (χ3n) is 3.89. The van der Waals surface area contributed by atoms with Gasteiger partial charge in [-0.05, 0) is 29.8 Å². The molecule has 0 unspecified atom stereocenters. The first-order valence-corrected chi connectivity index (χ1v) is 11.4. The van der Waals surface area contributed by atoms with Crippen LogP contribution in [0.2, 0.25) is 0 Å². The number of nitrogens with zero attached hydrogens (tertiary/aromatic N) is 2. The van der Waals surface area contributed by atoms with Gasteiger partial charge in [0.2, 0.25) is 15.9 Å². The largest absolute Gasteiger partial charge is 0.438 e. The van der Waals surface area contributed by atoms with E-state index in [2.05, 4.69) is 10.5 Å². The number of sulfonamides is 1. The summed E-state index contributed by atoms with van der Waals surface area (Å²) >= 11 is 0. The van der Waals surface area contributed by atoms with E-state index >= 15 is 0 Å². The molecule has 11 heteroatoms. The van der Waals surface area contributed by atoms with Gasteiger partial charge in [0.05, 0.1) is 11.1 Å². The molecule has 2 heterocycles. The quantitative estimate of drug-likeness (QED) is 0.735. The Kier molecular flexibility index (Phi) is 5.44. The minimum absolute atomic E-state index is 0.0462. The molecule has 2 aromatic rings. The van der Waals surface area contributed by atoms with E-state index in [4.69, 9.17) is 9.57 Å². The molecule has 1 atom stereocenters. The first kappa shape index (κ1) is 20.3. The highest BCUT2D eigenvalue weighted by Gasteiger charge is 2.22. The molecule has 0 fully saturated rings. The SMILES string of the molecule is CN(C)S(=O)(=O)c1ccc([C@H]2C=C(Oc3ccc(S(C)(=O)=O)nc3)NO2)cc1. The first-order valence-electron chi connectivity index (χ1n) is 8.07. The standard InChI is InChI=1S/C17H19N3O6S2/c1-20(2)28(23,24)14-7-4-12(5-8-14)15-10-16(19-26-15)25-13-6-9-17(18-11-13)27(3,21)22/h4-11,15,19H,1-3H3/t15-/m1/s1. The predicted molar refractivity (Wildman–Crippen MR) is 100 cm³/mol. The van der Waals surface area contributed by atoms with Crippen molar-refractivity contribution in [2.45, 2.75) is 16.0 Å². The van der Waals surface area contributed by atoms with Gasteiger partial charge in [-0.2, -0.15) is 0 Å². The predicted octanol–water partition coefficient (Wildman–Crippen LogP) is 1.23. The third kappa shape index (κ3) is 4.33. The molecule has 1 aromatic carbocycles. The number of ether oxygens (including phenoxy) is 1. The first-order chi connectivity index (χ1) is 13.1. The van der Waals surface area contributed by atoms with Crippen molar-refractivity contribution in [3.8, 4) is 5.75 Å². The normalized spacial score (nSPS) is 17.3. The summed E-state index contributed by atoms with van der Waals surface area (Å²) in [6.45, 7) is 0. The molecule has 0 radical (unpaired) electrons. The summed E-state index contributed by atoms with van der Waals surface area (Å²) in [5.41, 5.74) is 3.36. The summed E-state index contributed by atoms with van der Waals surface area (Å²) < 4.78 is 53.8. The number of rotatable bonds is 6. The highest BCUT2D eigenvalue weighted by molar-refractivity contribution is 7.90. The van der Waals surface area contributed by atoms with Crippen molar-refractivity contribution in [2.75, 3.05) is 20.4 Å². The molecule has 1 aliphatic rings. The van der Waals surface area contributed by atoms with Crippen LogP contribution in [0.5, 0.6) is 5.75 Å². The van der Waals surface area contributed by atoms with E-state index in [0.29, 0.717) is 11.6 Å². The van der Waals surface area contributed by atoms with Gasteiger partial charge in [0.15, 0.2) is 14.9 Å². The van der Waals surface area contributed by atoms with Crippen molar-refractivity contribution in [1.82, 2.24) is 14.8 Å². The lowest BCUT2D eigenvalue weighted by Gasteiger charge is -2.12. The topological polar surface area (TPSA) is 115 Å². The summed E-state index contributed by atoms with van der Waals surface area (Å²) in [5.74, 6) is 0.645. The Bertz CT molecular complexity index is 1090. The molecule has 0 bridgehead atoms. The van der Waals surface area contributed by atoms with Gasteiger partial charge < -0.3 is 4.74 Å². The van der Waals surface area contributed by atoms with Crippen molar-refractivity contribution in [3.63, 3.8) is 0 Å². The van der Waals surface area contributed by atoms with E-state index in [-0.39, 0.29) is 9.92 Å². The van der Waals surface area contributed by atoms with Crippen LogP contribution in [0.25, 0.3) is 0 Å². The zero-order valence-corrected chi connectivity index (χ0v) is 17.0. The van der Waals surface area contributed by atoms with Gasteiger partial charge in [0, 0.05) is 26.4 Å². The molecule has 0 aliphatic carbocycles. The van der Waals surface area contributed by atoms with E-state index in [1.807, 2.05) is 0 Å². The maximum absolute atomic E-state index is 12.1. The molecule has 9 nitrogen and oxygen atoms in total. The number of sulfone groups is 1. The Morgan fingerprint density at radius 3 is 2.29 bits per heavy atom. The molecular weight excluding hydrogens is 406 g/mol. The number of pyridine rings is 1. The fourth-order valence-electron chi connectivity index (χ4n) is 2.36. The molecule has 150 valence electrons. The number of benzene rings is 1. The number of hydrogen-bond acceptors (Lipinski definition) is 8. The lowest BCUT2D eigenvalue weighted by Crippen LogP contribution is -2.22. The van der Waals surface area contributed by atoms with Crippen molar-refractivity contribution < 1.29 is 26.4 Å². The Morgan fingerprint density at radius 2 is 1.75 bits per heavy atom. The van der Waals surface area contributed by atoms with E-state index in [1.54, 1.807) is 18.2 Å². The monoisotopic (exact) mass is 425 g/mol. The van der Waals surface area contributed by atoms with Gasteiger partial charge in [-0.3, -0.25) is 4.84 Å². The molecule has 0 saturated heterocycles. The van der Waals surface area contributed by atoms with Gasteiger partial charge in [-0.25, -0.2) is 31.6 Å². The van der Waals surface area contributed by atoms with E-state index in [0.717, 1.165) is 16.1 Å². The minimum Gasteiger partial charge on any atom is -0.438 e. The average molecular weight is 425 g/mol. The summed E-state index contributed by atoms with van der Waals surface area (Å²) in [5, 5.41) is -0.0462. The fourth-order valence-corrected chi connectivity index (χ4v) is 3.82. The Balaban J connectivity index is 1.72. The van der Waals surface area contributed by atoms with Crippen LogP contribution in [-0.2, 0) is 24.7 Å². The molecule has 0 amide bonds. The van der Waals surface area contributed by atoms with Crippen molar-refractivity contribution in [3.05, 3.63) is 60.1 Å². The number of hydrogen-bond donors (Lipinski definition) is 1. The minimum atomic E-state index is -3.50. The third-order valence-corrected chi connectivity index (χ3v) is 6.72. The van der Waals surface area contributed by atoms with Crippen molar-refractivity contribution in [2.24, 2.45) is 0 Å². The number of aromatic nitrogens is 1. The van der Waals surface area contributed by atoms with Gasteiger partial charge in [-0.15, -0.1) is 0 Å². The van der Waals surface area contributed by atoms with Crippen LogP contribution in [0.4, 0.5) is 0 Å². The van der Waals surface area contributed by atoms with Gasteiger partial charge in [0.1, 0.15) is 11.9 Å². The van der Waals surface area contributed by atoms with Crippen LogP contribution in [0.3, 0.4) is 0 Å². The lowest BCUT2D eigenvalue weighted by molar-refractivity contribution is 0.0273. The smallest absolute Gasteiger partial charge is 0.242 e. The van der Waals surface area contributed by atoms with Crippen LogP contribution in [0, 0.1) is 0 Å². The van der Waals surface area contributed by atoms with E-state index in [1.165, 1.54) is 44.6 Å². The molecule has 0 saturated carbocycles. The molecule has 0 spiro atoms. The highest BCUT2D eigenvalue weighted by Crippen LogP contribution is 2.27. The second kappa shape index (κ2) is 7.51. The van der Waals surface area contributed by atoms with Crippen LogP contribution in [0.1, 0.15) is 11.7 Å². The van der Waals surface area contributed by atoms with Gasteiger partial charge >= 0.3 is 0 Å². The summed E-state index contributed by atoms with van der Waals surface area (Å²) in [7, 11) is -3.94. The second-order valence-corrected chi connectivity index (χ2v) is 10.3. The number of nitrogens with one attached hydrogen (secondary N) is 1. The molecule has 3 rings (SSSR count). The van der Waals surface area contributed by atoms with Gasteiger partial charge in [-0.1, -0.05) is 12.1 Å². The lowest BCUT2D eigenvalue weighted by atomic mass is 10.1.